The normalized spacial score (nSPS) is 11.8. The number of benzene rings is 1. The summed E-state index contributed by atoms with van der Waals surface area (Å²) in [5, 5.41) is 14.4. The zero-order valence-corrected chi connectivity index (χ0v) is 12.1. The van der Waals surface area contributed by atoms with Crippen molar-refractivity contribution in [3.8, 4) is 0 Å². The van der Waals surface area contributed by atoms with Gasteiger partial charge in [-0.25, -0.2) is 0 Å². The van der Waals surface area contributed by atoms with E-state index >= 15 is 0 Å². The molecule has 0 aromatic heterocycles. The molecule has 20 heavy (non-hydrogen) atoms. The minimum absolute atomic E-state index is 0.0861. The van der Waals surface area contributed by atoms with Crippen molar-refractivity contribution in [3.05, 3.63) is 34.9 Å². The summed E-state index contributed by atoms with van der Waals surface area (Å²) in [6.45, 7) is 2.42. The maximum Gasteiger partial charge on any atom is 0.251 e. The minimum Gasteiger partial charge on any atom is -0.396 e. The number of aliphatic hydroxyl groups is 1. The Bertz CT molecular complexity index is 465. The fourth-order valence-corrected chi connectivity index (χ4v) is 1.76. The highest BCUT2D eigenvalue weighted by atomic mass is 35.5. The fourth-order valence-electron chi connectivity index (χ4n) is 1.57. The van der Waals surface area contributed by atoms with Crippen LogP contribution in [0.4, 0.5) is 0 Å². The van der Waals surface area contributed by atoms with Crippen LogP contribution in [-0.2, 0) is 4.79 Å². The van der Waals surface area contributed by atoms with Gasteiger partial charge in [-0.1, -0.05) is 24.6 Å². The van der Waals surface area contributed by atoms with Gasteiger partial charge in [0.1, 0.15) is 0 Å². The van der Waals surface area contributed by atoms with Crippen molar-refractivity contribution in [2.45, 2.75) is 13.3 Å². The summed E-state index contributed by atoms with van der Waals surface area (Å²) in [5.41, 5.74) is 0.416. The van der Waals surface area contributed by atoms with Gasteiger partial charge in [0.05, 0.1) is 6.54 Å². The summed E-state index contributed by atoms with van der Waals surface area (Å²) in [5.74, 6) is -0.399. The standard InChI is InChI=1S/C14H19ClN2O3/c1-10(5-6-18)8-16-13(19)9-17-14(20)11-3-2-4-12(15)7-11/h2-4,7,10,18H,5-6,8-9H2,1H3,(H,16,19)(H,17,20). The van der Waals surface area contributed by atoms with E-state index < -0.39 is 0 Å². The second-order valence-electron chi connectivity index (χ2n) is 4.61. The SMILES string of the molecule is CC(CCO)CNC(=O)CNC(=O)c1cccc(Cl)c1. The third kappa shape index (κ3) is 6.04. The first-order valence-corrected chi connectivity index (χ1v) is 6.82. The Kier molecular flexibility index (Phi) is 7.04. The number of carbonyl (C=O) groups excluding carboxylic acids is 2. The van der Waals surface area contributed by atoms with E-state index in [9.17, 15) is 9.59 Å². The molecule has 3 N–H and O–H groups in total. The van der Waals surface area contributed by atoms with E-state index in [2.05, 4.69) is 10.6 Å². The second kappa shape index (κ2) is 8.55. The molecular weight excluding hydrogens is 280 g/mol. The molecular formula is C14H19ClN2O3. The summed E-state index contributed by atoms with van der Waals surface area (Å²) in [4.78, 5) is 23.3. The Hall–Kier alpha value is -1.59. The number of carbonyl (C=O) groups is 2. The fraction of sp³-hybridized carbons (Fsp3) is 0.429. The number of halogens is 1. The van der Waals surface area contributed by atoms with Gasteiger partial charge in [0, 0.05) is 23.7 Å². The van der Waals surface area contributed by atoms with Gasteiger partial charge in [0.15, 0.2) is 0 Å². The molecule has 0 saturated heterocycles. The van der Waals surface area contributed by atoms with E-state index in [4.69, 9.17) is 16.7 Å². The van der Waals surface area contributed by atoms with Crippen LogP contribution in [0.1, 0.15) is 23.7 Å². The molecule has 0 spiro atoms. The predicted molar refractivity (Wildman–Crippen MR) is 77.7 cm³/mol. The van der Waals surface area contributed by atoms with Crippen molar-refractivity contribution in [2.24, 2.45) is 5.92 Å². The Labute approximate surface area is 123 Å². The lowest BCUT2D eigenvalue weighted by atomic mass is 10.1. The molecule has 0 saturated carbocycles. The highest BCUT2D eigenvalue weighted by molar-refractivity contribution is 6.30. The van der Waals surface area contributed by atoms with Crippen molar-refractivity contribution in [3.63, 3.8) is 0 Å². The largest absolute Gasteiger partial charge is 0.396 e. The minimum atomic E-state index is -0.342. The van der Waals surface area contributed by atoms with Crippen molar-refractivity contribution in [1.29, 1.82) is 0 Å². The van der Waals surface area contributed by atoms with Crippen LogP contribution < -0.4 is 10.6 Å². The lowest BCUT2D eigenvalue weighted by Crippen LogP contribution is -2.38. The molecule has 1 rings (SSSR count). The van der Waals surface area contributed by atoms with Crippen LogP contribution in [0.15, 0.2) is 24.3 Å². The summed E-state index contributed by atoms with van der Waals surface area (Å²) in [6.07, 6.45) is 0.634. The molecule has 0 aliphatic rings. The van der Waals surface area contributed by atoms with Crippen molar-refractivity contribution in [1.82, 2.24) is 10.6 Å². The average Bonchev–Trinajstić information content (AvgIpc) is 2.43. The number of rotatable bonds is 7. The third-order valence-corrected chi connectivity index (χ3v) is 3.00. The van der Waals surface area contributed by atoms with Gasteiger partial charge in [-0.15, -0.1) is 0 Å². The van der Waals surface area contributed by atoms with E-state index in [0.29, 0.717) is 23.6 Å². The van der Waals surface area contributed by atoms with Gasteiger partial charge in [-0.3, -0.25) is 9.59 Å². The van der Waals surface area contributed by atoms with Crippen LogP contribution in [0.25, 0.3) is 0 Å². The van der Waals surface area contributed by atoms with E-state index in [1.54, 1.807) is 18.2 Å². The van der Waals surface area contributed by atoms with Gasteiger partial charge >= 0.3 is 0 Å². The highest BCUT2D eigenvalue weighted by Gasteiger charge is 2.09. The lowest BCUT2D eigenvalue weighted by Gasteiger charge is -2.11. The summed E-state index contributed by atoms with van der Waals surface area (Å²) >= 11 is 5.79. The topological polar surface area (TPSA) is 78.4 Å². The molecule has 2 amide bonds. The first-order valence-electron chi connectivity index (χ1n) is 6.44. The predicted octanol–water partition coefficient (Wildman–Crippen LogP) is 1.20. The molecule has 1 aromatic carbocycles. The number of aliphatic hydroxyl groups excluding tert-OH is 1. The molecule has 0 aliphatic carbocycles. The molecule has 5 nitrogen and oxygen atoms in total. The highest BCUT2D eigenvalue weighted by Crippen LogP contribution is 2.10. The van der Waals surface area contributed by atoms with Crippen LogP contribution in [0, 0.1) is 5.92 Å². The monoisotopic (exact) mass is 298 g/mol. The van der Waals surface area contributed by atoms with Crippen LogP contribution in [0.3, 0.4) is 0 Å². The molecule has 0 heterocycles. The molecule has 1 unspecified atom stereocenters. The summed E-state index contributed by atoms with van der Waals surface area (Å²) < 4.78 is 0. The molecule has 1 atom stereocenters. The van der Waals surface area contributed by atoms with Crippen LogP contribution in [-0.4, -0.2) is 36.6 Å². The van der Waals surface area contributed by atoms with Crippen LogP contribution in [0.2, 0.25) is 5.02 Å². The van der Waals surface area contributed by atoms with Crippen molar-refractivity contribution in [2.75, 3.05) is 19.7 Å². The van der Waals surface area contributed by atoms with Gasteiger partial charge in [-0.05, 0) is 30.5 Å². The molecule has 0 fully saturated rings. The molecule has 0 aliphatic heterocycles. The molecule has 0 bridgehead atoms. The van der Waals surface area contributed by atoms with Crippen molar-refractivity contribution < 1.29 is 14.7 Å². The quantitative estimate of drug-likeness (QED) is 0.708. The first kappa shape index (κ1) is 16.5. The van der Waals surface area contributed by atoms with Gasteiger partial charge < -0.3 is 15.7 Å². The maximum atomic E-state index is 11.8. The van der Waals surface area contributed by atoms with E-state index in [-0.39, 0.29) is 30.9 Å². The zero-order chi connectivity index (χ0) is 15.0. The molecule has 110 valence electrons. The first-order chi connectivity index (χ1) is 9.52. The number of hydrogen-bond acceptors (Lipinski definition) is 3. The molecule has 1 aromatic rings. The summed E-state index contributed by atoms with van der Waals surface area (Å²) in [7, 11) is 0. The van der Waals surface area contributed by atoms with Crippen LogP contribution in [0.5, 0.6) is 0 Å². The smallest absolute Gasteiger partial charge is 0.251 e. The maximum absolute atomic E-state index is 11.8. The van der Waals surface area contributed by atoms with E-state index in [1.165, 1.54) is 6.07 Å². The number of nitrogens with one attached hydrogen (secondary N) is 2. The molecule has 0 radical (unpaired) electrons. The van der Waals surface area contributed by atoms with Gasteiger partial charge in [0.2, 0.25) is 5.91 Å². The van der Waals surface area contributed by atoms with E-state index in [1.807, 2.05) is 6.92 Å². The van der Waals surface area contributed by atoms with Crippen molar-refractivity contribution >= 4 is 23.4 Å². The molecule has 6 heteroatoms. The Morgan fingerprint density at radius 2 is 2.10 bits per heavy atom. The zero-order valence-electron chi connectivity index (χ0n) is 11.4. The van der Waals surface area contributed by atoms with Gasteiger partial charge in [0.25, 0.3) is 5.91 Å². The number of amides is 2. The summed E-state index contributed by atoms with van der Waals surface area (Å²) in [6, 6.07) is 6.52. The average molecular weight is 299 g/mol. The lowest BCUT2D eigenvalue weighted by molar-refractivity contribution is -0.120. The van der Waals surface area contributed by atoms with Gasteiger partial charge in [-0.2, -0.15) is 0 Å². The second-order valence-corrected chi connectivity index (χ2v) is 5.05. The Morgan fingerprint density at radius 1 is 1.35 bits per heavy atom. The van der Waals surface area contributed by atoms with Crippen LogP contribution >= 0.6 is 11.6 Å². The Balaban J connectivity index is 2.32. The Morgan fingerprint density at radius 3 is 2.75 bits per heavy atom. The van der Waals surface area contributed by atoms with E-state index in [0.717, 1.165) is 0 Å². The number of hydrogen-bond donors (Lipinski definition) is 3. The third-order valence-electron chi connectivity index (χ3n) is 2.77.